The highest BCUT2D eigenvalue weighted by atomic mass is 32.1. The lowest BCUT2D eigenvalue weighted by atomic mass is 9.94. The van der Waals surface area contributed by atoms with Crippen LogP contribution in [0, 0.1) is 5.82 Å². The highest BCUT2D eigenvalue weighted by Crippen LogP contribution is 2.39. The van der Waals surface area contributed by atoms with E-state index in [0.29, 0.717) is 28.9 Å². The third-order valence-electron chi connectivity index (χ3n) is 5.68. The van der Waals surface area contributed by atoms with E-state index in [2.05, 4.69) is 21.5 Å². The van der Waals surface area contributed by atoms with Crippen LogP contribution in [0.2, 0.25) is 0 Å². The normalized spacial score (nSPS) is 16.0. The van der Waals surface area contributed by atoms with Gasteiger partial charge in [0, 0.05) is 16.1 Å². The predicted molar refractivity (Wildman–Crippen MR) is 134 cm³/mol. The first-order valence-electron chi connectivity index (χ1n) is 10.6. The zero-order valence-corrected chi connectivity index (χ0v) is 20.1. The fraction of sp³-hybridized carbons (Fsp3) is 0.160. The number of hydrogen-bond acceptors (Lipinski definition) is 6. The number of allylic oxidation sites excluding steroid dienone is 1. The molecule has 0 amide bonds. The van der Waals surface area contributed by atoms with Crippen LogP contribution >= 0.6 is 23.6 Å². The zero-order chi connectivity index (χ0) is 23.7. The van der Waals surface area contributed by atoms with Gasteiger partial charge in [0.1, 0.15) is 11.6 Å². The maximum absolute atomic E-state index is 13.4. The summed E-state index contributed by atoms with van der Waals surface area (Å²) in [6, 6.07) is 17.6. The summed E-state index contributed by atoms with van der Waals surface area (Å²) in [6.45, 7) is 2.63. The Hall–Kier alpha value is -3.56. The van der Waals surface area contributed by atoms with Crippen molar-refractivity contribution in [2.24, 2.45) is 0 Å². The summed E-state index contributed by atoms with van der Waals surface area (Å²) in [6.07, 6.45) is 0. The summed E-state index contributed by atoms with van der Waals surface area (Å²) in [4.78, 5) is 7.88. The lowest BCUT2D eigenvalue weighted by Crippen LogP contribution is -2.45. The number of ether oxygens (including phenoxy) is 1. The van der Waals surface area contributed by atoms with Gasteiger partial charge in [-0.2, -0.15) is 4.98 Å². The van der Waals surface area contributed by atoms with E-state index in [1.165, 1.54) is 17.0 Å². The van der Waals surface area contributed by atoms with Crippen molar-refractivity contribution >= 4 is 34.2 Å². The number of nitrogens with one attached hydrogen (secondary N) is 1. The van der Waals surface area contributed by atoms with E-state index in [0.717, 1.165) is 22.6 Å². The Kier molecular flexibility index (Phi) is 6.12. The number of benzene rings is 2. The van der Waals surface area contributed by atoms with Crippen molar-refractivity contribution in [2.75, 3.05) is 7.11 Å². The topological polar surface area (TPSA) is 63.4 Å². The second-order valence-electron chi connectivity index (χ2n) is 7.75. The van der Waals surface area contributed by atoms with Crippen LogP contribution in [0.1, 0.15) is 29.3 Å². The van der Waals surface area contributed by atoms with Gasteiger partial charge in [0.05, 0.1) is 25.3 Å². The molecule has 0 radical (unpaired) electrons. The first-order chi connectivity index (χ1) is 16.5. The highest BCUT2D eigenvalue weighted by molar-refractivity contribution is 7.80. The fourth-order valence-electron chi connectivity index (χ4n) is 3.93. The Labute approximate surface area is 205 Å². The molecule has 9 heteroatoms. The van der Waals surface area contributed by atoms with E-state index >= 15 is 0 Å². The van der Waals surface area contributed by atoms with Gasteiger partial charge in [-0.3, -0.25) is 0 Å². The number of hydrogen-bond donors (Lipinski definition) is 1. The zero-order valence-electron chi connectivity index (χ0n) is 18.5. The van der Waals surface area contributed by atoms with Crippen LogP contribution in [0.3, 0.4) is 0 Å². The summed E-state index contributed by atoms with van der Waals surface area (Å²) in [7, 11) is 1.63. The summed E-state index contributed by atoms with van der Waals surface area (Å²) < 4.78 is 24.5. The van der Waals surface area contributed by atoms with Gasteiger partial charge < -0.3 is 19.5 Å². The van der Waals surface area contributed by atoms with Gasteiger partial charge >= 0.3 is 0 Å². The van der Waals surface area contributed by atoms with Crippen LogP contribution in [0.15, 0.2) is 76.3 Å². The molecule has 0 bridgehead atoms. The Bertz CT molecular complexity index is 1350. The summed E-state index contributed by atoms with van der Waals surface area (Å²) in [5.74, 6) is 1.17. The van der Waals surface area contributed by atoms with E-state index in [1.54, 1.807) is 30.6 Å². The quantitative estimate of drug-likeness (QED) is 0.341. The molecule has 172 valence electrons. The molecular formula is C25H21FN4O2S2. The minimum atomic E-state index is -0.321. The van der Waals surface area contributed by atoms with E-state index in [4.69, 9.17) is 21.5 Å². The predicted octanol–water partition coefficient (Wildman–Crippen LogP) is 5.81. The molecule has 3 heterocycles. The Morgan fingerprint density at radius 3 is 2.74 bits per heavy atom. The monoisotopic (exact) mass is 492 g/mol. The van der Waals surface area contributed by atoms with Crippen LogP contribution in [0.4, 0.5) is 4.39 Å². The molecule has 0 spiro atoms. The maximum atomic E-state index is 13.4. The number of thiophene rings is 1. The number of methoxy groups -OCH3 is 1. The third kappa shape index (κ3) is 4.32. The van der Waals surface area contributed by atoms with Gasteiger partial charge in [-0.1, -0.05) is 23.4 Å². The number of thiocarbonyl (C=S) groups is 1. The van der Waals surface area contributed by atoms with Crippen molar-refractivity contribution < 1.29 is 13.7 Å². The SMILES string of the molecule is COc1cccc(C2NC(=S)N(Cc3cccs3)C(C)=C2c2nc(-c3ccc(F)cc3)no2)c1. The highest BCUT2D eigenvalue weighted by Gasteiger charge is 2.34. The maximum Gasteiger partial charge on any atom is 0.258 e. The van der Waals surface area contributed by atoms with Crippen molar-refractivity contribution in [3.05, 3.63) is 93.9 Å². The molecule has 1 atom stereocenters. The second kappa shape index (κ2) is 9.36. The van der Waals surface area contributed by atoms with Crippen molar-refractivity contribution in [1.82, 2.24) is 20.4 Å². The van der Waals surface area contributed by atoms with E-state index in [9.17, 15) is 4.39 Å². The van der Waals surface area contributed by atoms with Gasteiger partial charge in [0.2, 0.25) is 5.82 Å². The van der Waals surface area contributed by atoms with Crippen LogP contribution in [0.25, 0.3) is 17.0 Å². The Morgan fingerprint density at radius 2 is 2.00 bits per heavy atom. The van der Waals surface area contributed by atoms with Gasteiger partial charge in [-0.15, -0.1) is 11.3 Å². The number of halogens is 1. The molecule has 0 fully saturated rings. The van der Waals surface area contributed by atoms with Crippen LogP contribution < -0.4 is 10.1 Å². The largest absolute Gasteiger partial charge is 0.497 e. The third-order valence-corrected chi connectivity index (χ3v) is 6.88. The summed E-state index contributed by atoms with van der Waals surface area (Å²) in [5, 5.41) is 10.3. The number of nitrogens with zero attached hydrogens (tertiary/aromatic N) is 3. The molecule has 6 nitrogen and oxygen atoms in total. The minimum absolute atomic E-state index is 0.316. The van der Waals surface area contributed by atoms with Crippen LogP contribution in [-0.4, -0.2) is 27.3 Å². The van der Waals surface area contributed by atoms with E-state index < -0.39 is 0 Å². The van der Waals surface area contributed by atoms with Crippen LogP contribution in [0.5, 0.6) is 5.75 Å². The molecule has 34 heavy (non-hydrogen) atoms. The average Bonchev–Trinajstić information content (AvgIpc) is 3.54. The Morgan fingerprint density at radius 1 is 1.18 bits per heavy atom. The molecule has 1 unspecified atom stereocenters. The van der Waals surface area contributed by atoms with Crippen molar-refractivity contribution in [1.29, 1.82) is 0 Å². The molecule has 0 aliphatic carbocycles. The molecule has 2 aromatic heterocycles. The molecule has 1 aliphatic heterocycles. The molecule has 5 rings (SSSR count). The Balaban J connectivity index is 1.60. The van der Waals surface area contributed by atoms with Crippen molar-refractivity contribution in [3.63, 3.8) is 0 Å². The first kappa shape index (κ1) is 22.2. The van der Waals surface area contributed by atoms with E-state index in [-0.39, 0.29) is 11.9 Å². The molecule has 1 aliphatic rings. The lowest BCUT2D eigenvalue weighted by molar-refractivity contribution is 0.395. The van der Waals surface area contributed by atoms with Gasteiger partial charge in [-0.05, 0) is 72.5 Å². The van der Waals surface area contributed by atoms with Gasteiger partial charge in [-0.25, -0.2) is 4.39 Å². The molecule has 4 aromatic rings. The minimum Gasteiger partial charge on any atom is -0.497 e. The van der Waals surface area contributed by atoms with Crippen LogP contribution in [-0.2, 0) is 6.54 Å². The molecule has 0 saturated carbocycles. The van der Waals surface area contributed by atoms with Gasteiger partial charge in [0.15, 0.2) is 5.11 Å². The summed E-state index contributed by atoms with van der Waals surface area (Å²) >= 11 is 7.44. The van der Waals surface area contributed by atoms with E-state index in [1.807, 2.05) is 47.5 Å². The fourth-order valence-corrected chi connectivity index (χ4v) is 4.94. The smallest absolute Gasteiger partial charge is 0.258 e. The van der Waals surface area contributed by atoms with Crippen molar-refractivity contribution in [2.45, 2.75) is 19.5 Å². The molecule has 1 N–H and O–H groups in total. The number of rotatable bonds is 6. The molecule has 2 aromatic carbocycles. The van der Waals surface area contributed by atoms with Gasteiger partial charge in [0.25, 0.3) is 5.89 Å². The lowest BCUT2D eigenvalue weighted by Gasteiger charge is -2.37. The average molecular weight is 493 g/mol. The standard InChI is InChI=1S/C25H21FN4O2S2/c1-15-21(24-28-23(29-32-24)16-8-10-18(26)11-9-16)22(17-5-3-6-19(13-17)31-2)27-25(33)30(15)14-20-7-4-12-34-20/h3-13,22H,14H2,1-2H3,(H,27,33). The van der Waals surface area contributed by atoms with Crippen molar-refractivity contribution in [3.8, 4) is 17.1 Å². The number of aromatic nitrogens is 2. The molecule has 0 saturated heterocycles. The molecular weight excluding hydrogens is 471 g/mol. The first-order valence-corrected chi connectivity index (χ1v) is 11.9. The second-order valence-corrected chi connectivity index (χ2v) is 9.17. The summed E-state index contributed by atoms with van der Waals surface area (Å²) in [5.41, 5.74) is 3.36.